The van der Waals surface area contributed by atoms with Crippen LogP contribution in [-0.4, -0.2) is 23.0 Å². The van der Waals surface area contributed by atoms with E-state index in [2.05, 4.69) is 6.58 Å². The third kappa shape index (κ3) is 8.06. The van der Waals surface area contributed by atoms with Crippen molar-refractivity contribution in [3.05, 3.63) is 42.5 Å². The van der Waals surface area contributed by atoms with Crippen LogP contribution in [-0.2, 0) is 9.59 Å². The van der Waals surface area contributed by atoms with Crippen molar-refractivity contribution in [2.45, 2.75) is 18.9 Å². The smallest absolute Gasteiger partial charge is 0.320 e. The molecule has 0 aromatic heterocycles. The number of hydrogen-bond donors (Lipinski definition) is 3. The summed E-state index contributed by atoms with van der Waals surface area (Å²) >= 11 is 0. The second kappa shape index (κ2) is 8.95. The van der Waals surface area contributed by atoms with Crippen molar-refractivity contribution in [2.75, 3.05) is 0 Å². The predicted molar refractivity (Wildman–Crippen MR) is 70.6 cm³/mol. The van der Waals surface area contributed by atoms with Gasteiger partial charge in [0.2, 0.25) is 5.91 Å². The molecular formula is C13H18N2O3. The highest BCUT2D eigenvalue weighted by Gasteiger charge is 2.11. The van der Waals surface area contributed by atoms with Gasteiger partial charge in [-0.2, -0.15) is 0 Å². The lowest BCUT2D eigenvalue weighted by molar-refractivity contribution is -0.138. The van der Waals surface area contributed by atoms with Crippen molar-refractivity contribution in [3.8, 4) is 0 Å². The van der Waals surface area contributed by atoms with E-state index in [1.807, 2.05) is 36.4 Å². The Bertz CT molecular complexity index is 390. The topological polar surface area (TPSA) is 106 Å². The summed E-state index contributed by atoms with van der Waals surface area (Å²) in [7, 11) is 0. The molecule has 0 unspecified atom stereocenters. The van der Waals surface area contributed by atoms with Crippen molar-refractivity contribution in [1.82, 2.24) is 0 Å². The van der Waals surface area contributed by atoms with Gasteiger partial charge in [0, 0.05) is 6.42 Å². The minimum atomic E-state index is -1.11. The van der Waals surface area contributed by atoms with Crippen LogP contribution in [0, 0.1) is 0 Å². The van der Waals surface area contributed by atoms with E-state index in [4.69, 9.17) is 16.6 Å². The molecule has 5 heteroatoms. The molecule has 0 fully saturated rings. The van der Waals surface area contributed by atoms with E-state index in [1.165, 1.54) is 5.56 Å². The third-order valence-corrected chi connectivity index (χ3v) is 2.05. The summed E-state index contributed by atoms with van der Waals surface area (Å²) < 4.78 is 0. The Kier molecular flexibility index (Phi) is 7.89. The Morgan fingerprint density at radius 3 is 2.22 bits per heavy atom. The number of aliphatic carboxylic acids is 1. The summed E-state index contributed by atoms with van der Waals surface area (Å²) in [5.41, 5.74) is 11.0. The van der Waals surface area contributed by atoms with Crippen molar-refractivity contribution in [1.29, 1.82) is 0 Å². The molecular weight excluding hydrogens is 232 g/mol. The number of primary amides is 1. The number of carboxylic acids is 1. The average molecular weight is 250 g/mol. The lowest BCUT2D eigenvalue weighted by Crippen LogP contribution is -2.31. The maximum absolute atomic E-state index is 10.1. The molecule has 1 aromatic rings. The fourth-order valence-corrected chi connectivity index (χ4v) is 1.01. The number of carboxylic acid groups (broad SMARTS) is 1. The fraction of sp³-hybridized carbons (Fsp3) is 0.231. The van der Waals surface area contributed by atoms with E-state index in [1.54, 1.807) is 0 Å². The summed E-state index contributed by atoms with van der Waals surface area (Å²) in [6, 6.07) is 9.05. The van der Waals surface area contributed by atoms with Crippen LogP contribution in [0.15, 0.2) is 36.9 Å². The Morgan fingerprint density at radius 1 is 1.33 bits per heavy atom. The normalized spacial score (nSPS) is 10.7. The second-order valence-electron chi connectivity index (χ2n) is 3.56. The quantitative estimate of drug-likeness (QED) is 0.724. The molecule has 0 heterocycles. The van der Waals surface area contributed by atoms with E-state index >= 15 is 0 Å². The highest BCUT2D eigenvalue weighted by molar-refractivity contribution is 5.76. The van der Waals surface area contributed by atoms with Crippen LogP contribution in [0.5, 0.6) is 0 Å². The van der Waals surface area contributed by atoms with Crippen molar-refractivity contribution in [3.63, 3.8) is 0 Å². The monoisotopic (exact) mass is 250 g/mol. The Morgan fingerprint density at radius 2 is 1.89 bits per heavy atom. The molecule has 0 aliphatic carbocycles. The highest BCUT2D eigenvalue weighted by Crippen LogP contribution is 1.97. The van der Waals surface area contributed by atoms with Gasteiger partial charge in [0.15, 0.2) is 0 Å². The largest absolute Gasteiger partial charge is 0.480 e. The number of hydrogen-bond acceptors (Lipinski definition) is 3. The van der Waals surface area contributed by atoms with Gasteiger partial charge in [-0.3, -0.25) is 9.59 Å². The zero-order valence-corrected chi connectivity index (χ0v) is 10.1. The van der Waals surface area contributed by atoms with Gasteiger partial charge < -0.3 is 16.6 Å². The first-order valence-corrected chi connectivity index (χ1v) is 5.41. The zero-order chi connectivity index (χ0) is 14.0. The second-order valence-corrected chi connectivity index (χ2v) is 3.56. The zero-order valence-electron chi connectivity index (χ0n) is 10.1. The number of nitrogens with two attached hydrogens (primary N) is 2. The molecule has 5 nitrogen and oxygen atoms in total. The summed E-state index contributed by atoms with van der Waals surface area (Å²) in [5, 5.41) is 8.22. The van der Waals surface area contributed by atoms with Gasteiger partial charge in [0.25, 0.3) is 0 Å². The van der Waals surface area contributed by atoms with Gasteiger partial charge in [0.1, 0.15) is 6.04 Å². The Labute approximate surface area is 106 Å². The molecule has 18 heavy (non-hydrogen) atoms. The standard InChI is InChI=1S/C8H8.C5H10N2O3/c1-2-8-6-4-3-5-7-8;6-3(5(9)10)1-2-4(7)8/h2-7H,1H2;3H,1-2,6H2,(H2,7,8)(H,9,10)/t;3-/m.0/s1. The number of amides is 1. The van der Waals surface area contributed by atoms with Gasteiger partial charge in [0.05, 0.1) is 0 Å². The summed E-state index contributed by atoms with van der Waals surface area (Å²) in [6.07, 6.45) is 1.96. The molecule has 5 N–H and O–H groups in total. The summed E-state index contributed by atoms with van der Waals surface area (Å²) in [5.74, 6) is -1.64. The fourth-order valence-electron chi connectivity index (χ4n) is 1.01. The summed E-state index contributed by atoms with van der Waals surface area (Å²) in [6.45, 7) is 3.63. The molecule has 0 aliphatic rings. The van der Waals surface area contributed by atoms with Gasteiger partial charge >= 0.3 is 5.97 Å². The molecule has 1 aromatic carbocycles. The number of carbonyl (C=O) groups is 2. The van der Waals surface area contributed by atoms with Crippen LogP contribution in [0.3, 0.4) is 0 Å². The highest BCUT2D eigenvalue weighted by atomic mass is 16.4. The lowest BCUT2D eigenvalue weighted by Gasteiger charge is -2.01. The maximum Gasteiger partial charge on any atom is 0.320 e. The van der Waals surface area contributed by atoms with Crippen LogP contribution in [0.25, 0.3) is 6.08 Å². The van der Waals surface area contributed by atoms with Crippen LogP contribution in [0.4, 0.5) is 0 Å². The molecule has 98 valence electrons. The van der Waals surface area contributed by atoms with Crippen molar-refractivity contribution < 1.29 is 14.7 Å². The molecule has 0 bridgehead atoms. The minimum Gasteiger partial charge on any atom is -0.480 e. The SMILES string of the molecule is C=Cc1ccccc1.NC(=O)CC[C@H](N)C(=O)O. The molecule has 1 atom stereocenters. The van der Waals surface area contributed by atoms with Gasteiger partial charge in [-0.15, -0.1) is 0 Å². The molecule has 1 rings (SSSR count). The molecule has 0 saturated carbocycles. The number of rotatable bonds is 5. The molecule has 0 radical (unpaired) electrons. The summed E-state index contributed by atoms with van der Waals surface area (Å²) in [4.78, 5) is 20.1. The number of benzene rings is 1. The first-order valence-electron chi connectivity index (χ1n) is 5.41. The van der Waals surface area contributed by atoms with Gasteiger partial charge in [-0.25, -0.2) is 0 Å². The van der Waals surface area contributed by atoms with Gasteiger partial charge in [-0.05, 0) is 12.0 Å². The molecule has 1 amide bonds. The van der Waals surface area contributed by atoms with E-state index < -0.39 is 17.9 Å². The van der Waals surface area contributed by atoms with Crippen molar-refractivity contribution in [2.24, 2.45) is 11.5 Å². The first-order chi connectivity index (χ1) is 8.47. The number of carbonyl (C=O) groups excluding carboxylic acids is 1. The van der Waals surface area contributed by atoms with E-state index in [9.17, 15) is 9.59 Å². The van der Waals surface area contributed by atoms with Crippen LogP contribution in [0.1, 0.15) is 18.4 Å². The lowest BCUT2D eigenvalue weighted by atomic mass is 10.2. The molecule has 0 spiro atoms. The average Bonchev–Trinajstić information content (AvgIpc) is 2.37. The molecule has 0 aliphatic heterocycles. The Hall–Kier alpha value is -2.14. The third-order valence-electron chi connectivity index (χ3n) is 2.05. The van der Waals surface area contributed by atoms with Crippen LogP contribution >= 0.6 is 0 Å². The van der Waals surface area contributed by atoms with Gasteiger partial charge in [-0.1, -0.05) is 43.0 Å². The van der Waals surface area contributed by atoms with Crippen molar-refractivity contribution >= 4 is 18.0 Å². The molecule has 0 saturated heterocycles. The van der Waals surface area contributed by atoms with Crippen LogP contribution in [0.2, 0.25) is 0 Å². The van der Waals surface area contributed by atoms with E-state index in [-0.39, 0.29) is 12.8 Å². The minimum absolute atomic E-state index is 0.0213. The maximum atomic E-state index is 10.1. The first kappa shape index (κ1) is 15.9. The Balaban J connectivity index is 0.000000327. The predicted octanol–water partition coefficient (Wildman–Crippen LogP) is 0.993. The van der Waals surface area contributed by atoms with E-state index in [0.717, 1.165) is 0 Å². The van der Waals surface area contributed by atoms with E-state index in [0.29, 0.717) is 0 Å². The van der Waals surface area contributed by atoms with Crippen LogP contribution < -0.4 is 11.5 Å².